The van der Waals surface area contributed by atoms with E-state index in [0.717, 1.165) is 19.3 Å². The number of carboxylic acids is 2. The van der Waals surface area contributed by atoms with Gasteiger partial charge in [0.2, 0.25) is 0 Å². The summed E-state index contributed by atoms with van der Waals surface area (Å²) in [5.41, 5.74) is -0.362. The lowest BCUT2D eigenvalue weighted by Crippen LogP contribution is -2.38. The molecule has 0 saturated heterocycles. The van der Waals surface area contributed by atoms with Crippen molar-refractivity contribution in [2.75, 3.05) is 0 Å². The van der Waals surface area contributed by atoms with Crippen LogP contribution in [0.2, 0.25) is 0 Å². The Kier molecular flexibility index (Phi) is 5.83. The first kappa shape index (κ1) is 16.0. The number of hydrogen-bond donors (Lipinski definition) is 2. The van der Waals surface area contributed by atoms with Gasteiger partial charge in [-0.25, -0.2) is 0 Å². The highest BCUT2D eigenvalue weighted by atomic mass is 16.4. The summed E-state index contributed by atoms with van der Waals surface area (Å²) in [6.45, 7) is 3.99. The predicted octanol–water partition coefficient (Wildman–Crippen LogP) is 3.55. The van der Waals surface area contributed by atoms with Gasteiger partial charge >= 0.3 is 11.9 Å². The van der Waals surface area contributed by atoms with Crippen molar-refractivity contribution in [3.05, 3.63) is 0 Å². The molecule has 0 bridgehead atoms. The third kappa shape index (κ3) is 3.95. The van der Waals surface area contributed by atoms with Crippen LogP contribution in [-0.2, 0) is 9.59 Å². The quantitative estimate of drug-likeness (QED) is 0.707. The summed E-state index contributed by atoms with van der Waals surface area (Å²) < 4.78 is 0. The normalized spacial score (nSPS) is 18.4. The molecule has 4 nitrogen and oxygen atoms in total. The molecule has 0 aromatic rings. The lowest BCUT2D eigenvalue weighted by molar-refractivity contribution is -0.154. The molecule has 4 heteroatoms. The highest BCUT2D eigenvalue weighted by Gasteiger charge is 2.43. The lowest BCUT2D eigenvalue weighted by atomic mass is 9.65. The number of carbonyl (C=O) groups is 2. The zero-order valence-corrected chi connectivity index (χ0v) is 12.0. The van der Waals surface area contributed by atoms with Crippen molar-refractivity contribution >= 4 is 11.9 Å². The zero-order valence-electron chi connectivity index (χ0n) is 12.0. The molecule has 1 atom stereocenters. The maximum absolute atomic E-state index is 11.5. The average Bonchev–Trinajstić information content (AvgIpc) is 2.85. The topological polar surface area (TPSA) is 74.6 Å². The minimum Gasteiger partial charge on any atom is -0.481 e. The maximum atomic E-state index is 11.5. The summed E-state index contributed by atoms with van der Waals surface area (Å²) in [6, 6.07) is 0. The Morgan fingerprint density at radius 3 is 2.05 bits per heavy atom. The van der Waals surface area contributed by atoms with Crippen molar-refractivity contribution in [2.45, 2.75) is 65.2 Å². The Hall–Kier alpha value is -1.06. The Morgan fingerprint density at radius 1 is 1.16 bits per heavy atom. The fourth-order valence-electron chi connectivity index (χ4n) is 3.70. The minimum atomic E-state index is -1.01. The molecular formula is C15H26O4. The molecule has 0 aromatic heterocycles. The summed E-state index contributed by atoms with van der Waals surface area (Å²) in [5.74, 6) is -2.15. The van der Waals surface area contributed by atoms with Crippen molar-refractivity contribution in [3.63, 3.8) is 0 Å². The van der Waals surface area contributed by atoms with Crippen molar-refractivity contribution in [2.24, 2.45) is 17.3 Å². The van der Waals surface area contributed by atoms with Crippen LogP contribution in [0.25, 0.3) is 0 Å². The van der Waals surface area contributed by atoms with Gasteiger partial charge in [0, 0.05) is 0 Å². The van der Waals surface area contributed by atoms with Gasteiger partial charge in [0.05, 0.1) is 12.3 Å². The van der Waals surface area contributed by atoms with Gasteiger partial charge in [-0.05, 0) is 30.6 Å². The second-order valence-corrected chi connectivity index (χ2v) is 5.91. The third-order valence-electron chi connectivity index (χ3n) is 4.99. The molecule has 0 aromatic carbocycles. The second kappa shape index (κ2) is 6.92. The van der Waals surface area contributed by atoms with Crippen LogP contribution < -0.4 is 0 Å². The van der Waals surface area contributed by atoms with Crippen LogP contribution in [0.4, 0.5) is 0 Å². The highest BCUT2D eigenvalue weighted by Crippen LogP contribution is 2.46. The van der Waals surface area contributed by atoms with Crippen molar-refractivity contribution in [1.29, 1.82) is 0 Å². The first-order valence-electron chi connectivity index (χ1n) is 7.39. The van der Waals surface area contributed by atoms with E-state index in [1.807, 2.05) is 13.8 Å². The number of carboxylic acid groups (broad SMARTS) is 2. The van der Waals surface area contributed by atoms with E-state index in [2.05, 4.69) is 0 Å². The molecule has 19 heavy (non-hydrogen) atoms. The highest BCUT2D eigenvalue weighted by molar-refractivity contribution is 5.78. The van der Waals surface area contributed by atoms with Crippen LogP contribution in [0.3, 0.4) is 0 Å². The van der Waals surface area contributed by atoms with Gasteiger partial charge in [-0.15, -0.1) is 0 Å². The molecule has 1 aliphatic rings. The fourth-order valence-corrected chi connectivity index (χ4v) is 3.70. The minimum absolute atomic E-state index is 0.260. The zero-order chi connectivity index (χ0) is 14.5. The largest absolute Gasteiger partial charge is 0.481 e. The molecule has 110 valence electrons. The molecule has 0 radical (unpaired) electrons. The average molecular weight is 270 g/mol. The van der Waals surface area contributed by atoms with Crippen molar-refractivity contribution < 1.29 is 19.8 Å². The van der Waals surface area contributed by atoms with Gasteiger partial charge in [-0.1, -0.05) is 39.5 Å². The molecule has 1 fully saturated rings. The second-order valence-electron chi connectivity index (χ2n) is 5.91. The van der Waals surface area contributed by atoms with E-state index in [-0.39, 0.29) is 11.8 Å². The molecule has 2 N–H and O–H groups in total. The Bertz CT molecular complexity index is 314. The Labute approximate surface area is 115 Å². The molecule has 0 spiro atoms. The number of hydrogen-bond acceptors (Lipinski definition) is 2. The molecule has 0 heterocycles. The first-order chi connectivity index (χ1) is 8.95. The summed E-state index contributed by atoms with van der Waals surface area (Å²) in [6.07, 6.45) is 6.88. The van der Waals surface area contributed by atoms with Crippen molar-refractivity contribution in [1.82, 2.24) is 0 Å². The SMILES string of the molecule is CCC(CC)(CC1CCCC1)C(CC(=O)O)C(=O)O. The van der Waals surface area contributed by atoms with Gasteiger partial charge in [-0.2, -0.15) is 0 Å². The maximum Gasteiger partial charge on any atom is 0.307 e. The fraction of sp³-hybridized carbons (Fsp3) is 0.867. The van der Waals surface area contributed by atoms with Crippen LogP contribution >= 0.6 is 0 Å². The first-order valence-corrected chi connectivity index (χ1v) is 7.39. The van der Waals surface area contributed by atoms with Gasteiger partial charge in [0.1, 0.15) is 0 Å². The summed E-state index contributed by atoms with van der Waals surface area (Å²) in [4.78, 5) is 22.5. The number of rotatable bonds is 8. The van der Waals surface area contributed by atoms with Gasteiger partial charge in [0.15, 0.2) is 0 Å². The molecule has 1 saturated carbocycles. The summed E-state index contributed by atoms with van der Waals surface area (Å²) in [7, 11) is 0. The standard InChI is InChI=1S/C15H26O4/c1-3-15(4-2,10-11-7-5-6-8-11)12(14(18)19)9-13(16)17/h11-12H,3-10H2,1-2H3,(H,16,17)(H,18,19). The monoisotopic (exact) mass is 270 g/mol. The molecule has 0 amide bonds. The lowest BCUT2D eigenvalue weighted by Gasteiger charge is -2.39. The van der Waals surface area contributed by atoms with Crippen LogP contribution in [0, 0.1) is 17.3 Å². The smallest absolute Gasteiger partial charge is 0.307 e. The van der Waals surface area contributed by atoms with E-state index < -0.39 is 17.9 Å². The van der Waals surface area contributed by atoms with Crippen LogP contribution in [-0.4, -0.2) is 22.2 Å². The van der Waals surface area contributed by atoms with Gasteiger partial charge in [0.25, 0.3) is 0 Å². The van der Waals surface area contributed by atoms with E-state index in [1.54, 1.807) is 0 Å². The molecular weight excluding hydrogens is 244 g/mol. The van der Waals surface area contributed by atoms with E-state index >= 15 is 0 Å². The van der Waals surface area contributed by atoms with Gasteiger partial charge < -0.3 is 10.2 Å². The van der Waals surface area contributed by atoms with Crippen LogP contribution in [0.5, 0.6) is 0 Å². The van der Waals surface area contributed by atoms with E-state index in [9.17, 15) is 14.7 Å². The molecule has 0 aliphatic heterocycles. The van der Waals surface area contributed by atoms with E-state index in [4.69, 9.17) is 5.11 Å². The van der Waals surface area contributed by atoms with E-state index in [0.29, 0.717) is 5.92 Å². The molecule has 1 rings (SSSR count). The summed E-state index contributed by atoms with van der Waals surface area (Å²) >= 11 is 0. The predicted molar refractivity (Wildman–Crippen MR) is 73.0 cm³/mol. The Balaban J connectivity index is 2.91. The Morgan fingerprint density at radius 2 is 1.68 bits per heavy atom. The van der Waals surface area contributed by atoms with Crippen LogP contribution in [0.1, 0.15) is 65.2 Å². The summed E-state index contributed by atoms with van der Waals surface area (Å²) in [5, 5.41) is 18.4. The van der Waals surface area contributed by atoms with Crippen LogP contribution in [0.15, 0.2) is 0 Å². The van der Waals surface area contributed by atoms with Crippen molar-refractivity contribution in [3.8, 4) is 0 Å². The third-order valence-corrected chi connectivity index (χ3v) is 4.99. The number of aliphatic carboxylic acids is 2. The van der Waals surface area contributed by atoms with E-state index in [1.165, 1.54) is 25.7 Å². The van der Waals surface area contributed by atoms with Gasteiger partial charge in [-0.3, -0.25) is 9.59 Å². The molecule has 1 unspecified atom stereocenters. The molecule has 1 aliphatic carbocycles.